The van der Waals surface area contributed by atoms with E-state index in [-0.39, 0.29) is 32.5 Å². The van der Waals surface area contributed by atoms with Crippen molar-refractivity contribution < 1.29 is 41.1 Å². The SMILES string of the molecule is O=C1N[C@@]2(C(=O)NS(=O)(=O)C3CC3)C[C@@H]2/C=C\CCCCC[C@H](Nc2nc(-c3ccc(F)cn3)cs2)C(=O)N2C[C@H](OC(=O)N3Cc4cccc(F)c4C3)C[C@@H]12. The number of hydrogen-bond acceptors (Lipinski definition) is 11. The first-order valence-corrected chi connectivity index (χ1v) is 21.2. The molecule has 8 rings (SSSR count). The number of fused-ring (bicyclic) bond motifs is 3. The Labute approximate surface area is 326 Å². The monoisotopic (exact) mass is 809 g/mol. The zero-order valence-electron chi connectivity index (χ0n) is 30.3. The summed E-state index contributed by atoms with van der Waals surface area (Å²) in [6, 6.07) is 5.37. The number of carbonyl (C=O) groups excluding carboxylic acids is 4. The summed E-state index contributed by atoms with van der Waals surface area (Å²) in [7, 11) is -3.92. The van der Waals surface area contributed by atoms with E-state index in [1.807, 2.05) is 12.2 Å². The van der Waals surface area contributed by atoms with E-state index < -0.39 is 80.4 Å². The van der Waals surface area contributed by atoms with Crippen molar-refractivity contribution in [3.8, 4) is 11.4 Å². The van der Waals surface area contributed by atoms with Crippen LogP contribution in [0.5, 0.6) is 0 Å². The van der Waals surface area contributed by atoms with Gasteiger partial charge in [-0.25, -0.2) is 27.0 Å². The number of rotatable bonds is 7. The molecule has 56 heavy (non-hydrogen) atoms. The first-order valence-electron chi connectivity index (χ1n) is 18.8. The first-order chi connectivity index (χ1) is 26.9. The number of anilines is 1. The molecule has 3 N–H and O–H groups in total. The highest BCUT2D eigenvalue weighted by Gasteiger charge is 2.62. The van der Waals surface area contributed by atoms with E-state index in [4.69, 9.17) is 4.74 Å². The Morgan fingerprint density at radius 2 is 1.88 bits per heavy atom. The molecule has 2 aromatic heterocycles. The quantitative estimate of drug-likeness (QED) is 0.290. The van der Waals surface area contributed by atoms with Gasteiger partial charge in [-0.1, -0.05) is 37.1 Å². The van der Waals surface area contributed by atoms with Crippen molar-refractivity contribution in [1.29, 1.82) is 0 Å². The predicted octanol–water partition coefficient (Wildman–Crippen LogP) is 4.39. The molecule has 296 valence electrons. The van der Waals surface area contributed by atoms with Crippen LogP contribution in [0.3, 0.4) is 0 Å². The molecule has 1 saturated heterocycles. The van der Waals surface area contributed by atoms with Gasteiger partial charge in [0.1, 0.15) is 41.1 Å². The van der Waals surface area contributed by atoms with Crippen molar-refractivity contribution >= 4 is 50.3 Å². The molecule has 2 saturated carbocycles. The fourth-order valence-corrected chi connectivity index (χ4v) is 9.83. The largest absolute Gasteiger partial charge is 0.444 e. The molecule has 2 aliphatic carbocycles. The number of amides is 4. The number of benzene rings is 1. The van der Waals surface area contributed by atoms with Crippen molar-refractivity contribution in [2.75, 3.05) is 11.9 Å². The number of carbonyl (C=O) groups is 4. The second kappa shape index (κ2) is 15.2. The molecule has 1 aromatic carbocycles. The Morgan fingerprint density at radius 3 is 2.64 bits per heavy atom. The molecule has 3 fully saturated rings. The summed E-state index contributed by atoms with van der Waals surface area (Å²) in [6.45, 7) is -0.000395. The van der Waals surface area contributed by atoms with Crippen LogP contribution in [-0.2, 0) is 42.2 Å². The fourth-order valence-electron chi connectivity index (χ4n) is 7.71. The summed E-state index contributed by atoms with van der Waals surface area (Å²) in [6.07, 6.45) is 7.46. The third-order valence-electron chi connectivity index (χ3n) is 11.1. The standard InChI is InChI=1S/C38H41F2N7O7S2/c39-24-11-14-29(41-17-24)31-21-55-36(43-31)42-30-10-5-3-1-2-4-8-23-16-38(23,35(50)45-56(52,53)26-12-13-26)44-33(48)32-15-25(19-47(32)34(30)49)54-37(51)46-18-22-7-6-9-28(40)27(22)20-46/h4,6-9,11,14,17,21,23,25-26,30,32H,1-3,5,10,12-13,15-16,18-20H2,(H,42,43)(H,44,48)(H,45,50)/b8-4-/t23-,25+,30-,32-,38-/m0/s1. The van der Waals surface area contributed by atoms with Gasteiger partial charge in [-0.2, -0.15) is 0 Å². The van der Waals surface area contributed by atoms with E-state index in [2.05, 4.69) is 25.3 Å². The highest BCUT2D eigenvalue weighted by atomic mass is 32.2. The number of sulfonamides is 1. The molecule has 18 heteroatoms. The lowest BCUT2D eigenvalue weighted by Crippen LogP contribution is -2.57. The highest BCUT2D eigenvalue weighted by molar-refractivity contribution is 7.91. The van der Waals surface area contributed by atoms with Crippen LogP contribution < -0.4 is 15.4 Å². The third kappa shape index (κ3) is 7.85. The summed E-state index contributed by atoms with van der Waals surface area (Å²) in [5.74, 6) is -3.35. The van der Waals surface area contributed by atoms with Crippen molar-refractivity contribution in [3.05, 3.63) is 76.8 Å². The Bertz CT molecular complexity index is 2180. The normalized spacial score (nSPS) is 27.2. The highest BCUT2D eigenvalue weighted by Crippen LogP contribution is 2.46. The average Bonchev–Trinajstić information content (AvgIpc) is 3.97. The van der Waals surface area contributed by atoms with Crippen LogP contribution in [0.4, 0.5) is 18.7 Å². The zero-order chi connectivity index (χ0) is 39.2. The predicted molar refractivity (Wildman–Crippen MR) is 200 cm³/mol. The Hall–Kier alpha value is -4.97. The maximum Gasteiger partial charge on any atom is 0.410 e. The molecule has 14 nitrogen and oxygen atoms in total. The number of pyridine rings is 1. The molecular formula is C38H41F2N7O7S2. The number of nitrogens with one attached hydrogen (secondary N) is 3. The minimum atomic E-state index is -3.92. The molecule has 3 aliphatic heterocycles. The van der Waals surface area contributed by atoms with Crippen molar-refractivity contribution in [1.82, 2.24) is 29.8 Å². The Kier molecular flexibility index (Phi) is 10.3. The van der Waals surface area contributed by atoms with Crippen LogP contribution in [-0.4, -0.2) is 87.5 Å². The van der Waals surface area contributed by atoms with Crippen LogP contribution in [0.1, 0.15) is 68.9 Å². The molecule has 5 heterocycles. The van der Waals surface area contributed by atoms with E-state index in [1.165, 1.54) is 39.3 Å². The summed E-state index contributed by atoms with van der Waals surface area (Å²) in [5.41, 5.74) is 0.435. The summed E-state index contributed by atoms with van der Waals surface area (Å²) < 4.78 is 61.7. The number of aromatic nitrogens is 2. The van der Waals surface area contributed by atoms with Gasteiger partial charge < -0.3 is 20.3 Å². The fraction of sp³-hybridized carbons (Fsp3) is 0.474. The number of hydrogen-bond donors (Lipinski definition) is 3. The molecule has 0 bridgehead atoms. The van der Waals surface area contributed by atoms with Gasteiger partial charge in [0, 0.05) is 29.8 Å². The van der Waals surface area contributed by atoms with Crippen LogP contribution in [0.15, 0.2) is 54.1 Å². The van der Waals surface area contributed by atoms with E-state index in [0.717, 1.165) is 19.0 Å². The minimum absolute atomic E-state index is 0.00562. The number of ether oxygens (including phenoxy) is 1. The van der Waals surface area contributed by atoms with Gasteiger partial charge in [0.15, 0.2) is 5.13 Å². The lowest BCUT2D eigenvalue weighted by molar-refractivity contribution is -0.140. The number of allylic oxidation sites excluding steroid dienone is 1. The maximum atomic E-state index is 14.6. The molecule has 5 aliphatic rings. The second-order valence-corrected chi connectivity index (χ2v) is 17.9. The molecular weight excluding hydrogens is 769 g/mol. The van der Waals surface area contributed by atoms with E-state index in [1.54, 1.807) is 17.5 Å². The minimum Gasteiger partial charge on any atom is -0.444 e. The average molecular weight is 810 g/mol. The smallest absolute Gasteiger partial charge is 0.410 e. The van der Waals surface area contributed by atoms with Gasteiger partial charge in [-0.05, 0) is 62.3 Å². The Balaban J connectivity index is 1.06. The van der Waals surface area contributed by atoms with E-state index in [9.17, 15) is 36.4 Å². The number of halogens is 2. The number of nitrogens with zero attached hydrogens (tertiary/aromatic N) is 4. The van der Waals surface area contributed by atoms with Gasteiger partial charge in [0.05, 0.1) is 30.2 Å². The van der Waals surface area contributed by atoms with Crippen molar-refractivity contribution in [3.63, 3.8) is 0 Å². The lowest BCUT2D eigenvalue weighted by atomic mass is 10.1. The van der Waals surface area contributed by atoms with E-state index >= 15 is 0 Å². The van der Waals surface area contributed by atoms with Gasteiger partial charge in [0.25, 0.3) is 5.91 Å². The summed E-state index contributed by atoms with van der Waals surface area (Å²) in [4.78, 5) is 67.5. The van der Waals surface area contributed by atoms with Gasteiger partial charge in [-0.3, -0.25) is 29.0 Å². The Morgan fingerprint density at radius 1 is 1.04 bits per heavy atom. The summed E-state index contributed by atoms with van der Waals surface area (Å²) in [5, 5.41) is 7.55. The zero-order valence-corrected chi connectivity index (χ0v) is 31.9. The van der Waals surface area contributed by atoms with Crippen molar-refractivity contribution in [2.24, 2.45) is 5.92 Å². The van der Waals surface area contributed by atoms with Crippen LogP contribution in [0, 0.1) is 17.6 Å². The van der Waals surface area contributed by atoms with Gasteiger partial charge in [-0.15, -0.1) is 11.3 Å². The van der Waals surface area contributed by atoms with Gasteiger partial charge >= 0.3 is 6.09 Å². The van der Waals surface area contributed by atoms with Crippen LogP contribution in [0.25, 0.3) is 11.4 Å². The molecule has 0 spiro atoms. The van der Waals surface area contributed by atoms with Crippen LogP contribution >= 0.6 is 11.3 Å². The van der Waals surface area contributed by atoms with Crippen molar-refractivity contribution in [2.45, 2.75) is 99.9 Å². The molecule has 4 amide bonds. The lowest BCUT2D eigenvalue weighted by Gasteiger charge is -2.29. The molecule has 3 aromatic rings. The molecule has 5 atom stereocenters. The topological polar surface area (TPSA) is 180 Å². The molecule has 0 radical (unpaired) electrons. The van der Waals surface area contributed by atoms with Crippen LogP contribution in [0.2, 0.25) is 0 Å². The number of thiazole rings is 1. The summed E-state index contributed by atoms with van der Waals surface area (Å²) >= 11 is 1.24. The van der Waals surface area contributed by atoms with E-state index in [0.29, 0.717) is 59.8 Å². The second-order valence-electron chi connectivity index (χ2n) is 15.1. The van der Waals surface area contributed by atoms with Gasteiger partial charge in [0.2, 0.25) is 21.8 Å². The third-order valence-corrected chi connectivity index (χ3v) is 13.7. The first kappa shape index (κ1) is 37.9. The molecule has 0 unspecified atom stereocenters. The maximum absolute atomic E-state index is 14.6.